The van der Waals surface area contributed by atoms with Crippen LogP contribution in [0.4, 0.5) is 0 Å². The number of hydrogen-bond acceptors (Lipinski definition) is 4. The molecule has 1 N–H and O–H groups in total. The minimum atomic E-state index is -3.38. The molecule has 2 fully saturated rings. The molecule has 0 aromatic carbocycles. The molecule has 118 valence electrons. The summed E-state index contributed by atoms with van der Waals surface area (Å²) < 4.78 is 33.8. The van der Waals surface area contributed by atoms with E-state index in [2.05, 4.69) is 6.92 Å². The fraction of sp³-hybridized carbons (Fsp3) is 1.00. The van der Waals surface area contributed by atoms with Gasteiger partial charge in [-0.2, -0.15) is 17.0 Å². The lowest BCUT2D eigenvalue weighted by Crippen LogP contribution is -2.53. The first kappa shape index (κ1) is 16.2. The van der Waals surface area contributed by atoms with Crippen molar-refractivity contribution in [3.8, 4) is 0 Å². The lowest BCUT2D eigenvalue weighted by atomic mass is 9.97. The van der Waals surface area contributed by atoms with Crippen LogP contribution in [-0.2, 0) is 14.9 Å². The molecule has 6 nitrogen and oxygen atoms in total. The van der Waals surface area contributed by atoms with Gasteiger partial charge >= 0.3 is 0 Å². The molecule has 20 heavy (non-hydrogen) atoms. The zero-order valence-electron chi connectivity index (χ0n) is 12.4. The van der Waals surface area contributed by atoms with E-state index >= 15 is 0 Å². The average molecular weight is 306 g/mol. The molecular weight excluding hydrogens is 280 g/mol. The van der Waals surface area contributed by atoms with Crippen LogP contribution in [0.2, 0.25) is 0 Å². The van der Waals surface area contributed by atoms with Crippen molar-refractivity contribution in [2.24, 2.45) is 11.8 Å². The molecule has 2 aliphatic rings. The summed E-state index contributed by atoms with van der Waals surface area (Å²) in [5.74, 6) is 0.640. The molecule has 0 spiro atoms. The molecule has 7 heteroatoms. The Morgan fingerprint density at radius 3 is 2.30 bits per heavy atom. The van der Waals surface area contributed by atoms with Crippen molar-refractivity contribution in [2.75, 3.05) is 39.9 Å². The van der Waals surface area contributed by atoms with E-state index in [1.54, 1.807) is 15.7 Å². The fourth-order valence-corrected chi connectivity index (χ4v) is 4.68. The first-order chi connectivity index (χ1) is 9.48. The Bertz CT molecular complexity index is 407. The Morgan fingerprint density at radius 1 is 1.15 bits per heavy atom. The maximum absolute atomic E-state index is 12.6. The van der Waals surface area contributed by atoms with Crippen molar-refractivity contribution < 1.29 is 18.3 Å². The second kappa shape index (κ2) is 6.70. The summed E-state index contributed by atoms with van der Waals surface area (Å²) in [4.78, 5) is 0. The van der Waals surface area contributed by atoms with Crippen LogP contribution in [0.5, 0.6) is 0 Å². The van der Waals surface area contributed by atoms with Crippen molar-refractivity contribution in [1.82, 2.24) is 8.61 Å². The van der Waals surface area contributed by atoms with Crippen LogP contribution in [0, 0.1) is 11.8 Å². The second-order valence-corrected chi connectivity index (χ2v) is 7.86. The van der Waals surface area contributed by atoms with Crippen LogP contribution in [0.3, 0.4) is 0 Å². The van der Waals surface area contributed by atoms with E-state index in [1.165, 1.54) is 0 Å². The maximum Gasteiger partial charge on any atom is 0.282 e. The number of ether oxygens (including phenoxy) is 1. The SMILES string of the molecule is COC1CN(S(=O)(=O)N2CCC(CO)CC2)CCC1C. The molecule has 2 heterocycles. The maximum atomic E-state index is 12.6. The van der Waals surface area contributed by atoms with Crippen LogP contribution in [0.25, 0.3) is 0 Å². The molecule has 0 bridgehead atoms. The molecule has 0 amide bonds. The van der Waals surface area contributed by atoms with Crippen molar-refractivity contribution >= 4 is 10.2 Å². The summed E-state index contributed by atoms with van der Waals surface area (Å²) in [7, 11) is -1.74. The summed E-state index contributed by atoms with van der Waals surface area (Å²) >= 11 is 0. The monoisotopic (exact) mass is 306 g/mol. The molecule has 2 rings (SSSR count). The van der Waals surface area contributed by atoms with Gasteiger partial charge in [-0.1, -0.05) is 6.92 Å². The lowest BCUT2D eigenvalue weighted by Gasteiger charge is -2.39. The van der Waals surface area contributed by atoms with E-state index in [-0.39, 0.29) is 18.6 Å². The largest absolute Gasteiger partial charge is 0.396 e. The van der Waals surface area contributed by atoms with Gasteiger partial charge in [0.15, 0.2) is 0 Å². The number of nitrogens with zero attached hydrogens (tertiary/aromatic N) is 2. The minimum Gasteiger partial charge on any atom is -0.396 e. The van der Waals surface area contributed by atoms with E-state index in [9.17, 15) is 8.42 Å². The first-order valence-electron chi connectivity index (χ1n) is 7.38. The smallest absolute Gasteiger partial charge is 0.282 e. The highest BCUT2D eigenvalue weighted by atomic mass is 32.2. The van der Waals surface area contributed by atoms with E-state index in [1.807, 2.05) is 0 Å². The summed E-state index contributed by atoms with van der Waals surface area (Å²) in [5.41, 5.74) is 0. The van der Waals surface area contributed by atoms with Crippen LogP contribution < -0.4 is 0 Å². The highest BCUT2D eigenvalue weighted by Crippen LogP contribution is 2.26. The highest BCUT2D eigenvalue weighted by Gasteiger charge is 2.37. The fourth-order valence-electron chi connectivity index (χ4n) is 3.01. The molecule has 0 aliphatic carbocycles. The van der Waals surface area contributed by atoms with Gasteiger partial charge < -0.3 is 9.84 Å². The van der Waals surface area contributed by atoms with Gasteiger partial charge in [-0.15, -0.1) is 0 Å². The number of rotatable bonds is 4. The normalized spacial score (nSPS) is 31.6. The third-order valence-electron chi connectivity index (χ3n) is 4.64. The van der Waals surface area contributed by atoms with Crippen LogP contribution >= 0.6 is 0 Å². The Balaban J connectivity index is 2.00. The molecule has 0 saturated carbocycles. The number of aliphatic hydroxyl groups excluding tert-OH is 1. The number of piperidine rings is 2. The Morgan fingerprint density at radius 2 is 1.75 bits per heavy atom. The van der Waals surface area contributed by atoms with E-state index in [0.29, 0.717) is 32.1 Å². The standard InChI is InChI=1S/C13H26N2O4S/c1-11-3-6-15(9-13(11)19-2)20(17,18)14-7-4-12(10-16)5-8-14/h11-13,16H,3-10H2,1-2H3. The van der Waals surface area contributed by atoms with Gasteiger partial charge in [-0.05, 0) is 31.1 Å². The molecule has 2 unspecified atom stereocenters. The summed E-state index contributed by atoms with van der Waals surface area (Å²) in [6.45, 7) is 4.30. The van der Waals surface area contributed by atoms with E-state index in [0.717, 1.165) is 19.3 Å². The predicted octanol–water partition coefficient (Wildman–Crippen LogP) is 0.292. The van der Waals surface area contributed by atoms with Gasteiger partial charge in [0.2, 0.25) is 0 Å². The number of aliphatic hydroxyl groups is 1. The Labute approximate surface area is 121 Å². The van der Waals surface area contributed by atoms with Crippen molar-refractivity contribution in [2.45, 2.75) is 32.3 Å². The quantitative estimate of drug-likeness (QED) is 0.810. The van der Waals surface area contributed by atoms with Crippen molar-refractivity contribution in [3.63, 3.8) is 0 Å². The molecule has 0 aromatic heterocycles. The zero-order chi connectivity index (χ0) is 14.8. The van der Waals surface area contributed by atoms with Crippen LogP contribution in [-0.4, -0.2) is 68.1 Å². The molecular formula is C13H26N2O4S. The van der Waals surface area contributed by atoms with Crippen LogP contribution in [0.15, 0.2) is 0 Å². The third-order valence-corrected chi connectivity index (χ3v) is 6.64. The van der Waals surface area contributed by atoms with Crippen molar-refractivity contribution in [3.05, 3.63) is 0 Å². The third kappa shape index (κ3) is 3.33. The summed E-state index contributed by atoms with van der Waals surface area (Å²) in [5, 5.41) is 9.13. The van der Waals surface area contributed by atoms with Gasteiger partial charge in [-0.25, -0.2) is 0 Å². The minimum absolute atomic E-state index is 0.0199. The summed E-state index contributed by atoms with van der Waals surface area (Å²) in [6.07, 6.45) is 2.31. The van der Waals surface area contributed by atoms with Gasteiger partial charge in [0.25, 0.3) is 10.2 Å². The molecule has 2 atom stereocenters. The molecule has 0 radical (unpaired) electrons. The Kier molecular flexibility index (Phi) is 5.42. The highest BCUT2D eigenvalue weighted by molar-refractivity contribution is 7.86. The predicted molar refractivity (Wildman–Crippen MR) is 76.5 cm³/mol. The van der Waals surface area contributed by atoms with E-state index in [4.69, 9.17) is 9.84 Å². The average Bonchev–Trinajstić information content (AvgIpc) is 2.47. The number of methoxy groups -OCH3 is 1. The van der Waals surface area contributed by atoms with Crippen molar-refractivity contribution in [1.29, 1.82) is 0 Å². The number of hydrogen-bond donors (Lipinski definition) is 1. The molecule has 2 aliphatic heterocycles. The Hall–Kier alpha value is -0.210. The van der Waals surface area contributed by atoms with Gasteiger partial charge in [0, 0.05) is 39.9 Å². The second-order valence-electron chi connectivity index (χ2n) is 5.93. The first-order valence-corrected chi connectivity index (χ1v) is 8.77. The molecule has 2 saturated heterocycles. The summed E-state index contributed by atoms with van der Waals surface area (Å²) in [6, 6.07) is 0. The molecule has 0 aromatic rings. The van der Waals surface area contributed by atoms with E-state index < -0.39 is 10.2 Å². The zero-order valence-corrected chi connectivity index (χ0v) is 13.2. The van der Waals surface area contributed by atoms with Gasteiger partial charge in [-0.3, -0.25) is 0 Å². The van der Waals surface area contributed by atoms with Crippen LogP contribution in [0.1, 0.15) is 26.2 Å². The lowest BCUT2D eigenvalue weighted by molar-refractivity contribution is 0.0164. The topological polar surface area (TPSA) is 70.1 Å². The van der Waals surface area contributed by atoms with Gasteiger partial charge in [0.05, 0.1) is 6.10 Å². The van der Waals surface area contributed by atoms with Gasteiger partial charge in [0.1, 0.15) is 0 Å².